The van der Waals surface area contributed by atoms with Gasteiger partial charge >= 0.3 is 0 Å². The first-order valence-corrected chi connectivity index (χ1v) is 15.4. The Morgan fingerprint density at radius 3 is 2.02 bits per heavy atom. The van der Waals surface area contributed by atoms with Gasteiger partial charge in [0.15, 0.2) is 0 Å². The summed E-state index contributed by atoms with van der Waals surface area (Å²) in [5.41, 5.74) is 0.681. The zero-order valence-electron chi connectivity index (χ0n) is 23.0. The number of methoxy groups -OCH3 is 3. The molecule has 11 nitrogen and oxygen atoms in total. The Kier molecular flexibility index (Phi) is 9.23. The van der Waals surface area contributed by atoms with Crippen molar-refractivity contribution in [3.8, 4) is 17.2 Å². The fourth-order valence-electron chi connectivity index (χ4n) is 3.95. The highest BCUT2D eigenvalue weighted by atomic mass is 32.2. The molecule has 4 rings (SSSR count). The third-order valence-corrected chi connectivity index (χ3v) is 9.23. The highest BCUT2D eigenvalue weighted by Crippen LogP contribution is 2.31. The third-order valence-electron chi connectivity index (χ3n) is 6.06. The fourth-order valence-corrected chi connectivity index (χ4v) is 6.44. The van der Waals surface area contributed by atoms with Gasteiger partial charge < -0.3 is 19.5 Å². The van der Waals surface area contributed by atoms with E-state index in [1.165, 1.54) is 69.9 Å². The van der Waals surface area contributed by atoms with Crippen molar-refractivity contribution >= 4 is 43.0 Å². The number of sulfonamides is 2. The second kappa shape index (κ2) is 12.8. The maximum absolute atomic E-state index is 13.5. The van der Waals surface area contributed by atoms with Crippen LogP contribution in [0.3, 0.4) is 0 Å². The summed E-state index contributed by atoms with van der Waals surface area (Å²) >= 11 is 0. The molecule has 0 aliphatic heterocycles. The van der Waals surface area contributed by atoms with Gasteiger partial charge in [0.05, 0.1) is 42.5 Å². The highest BCUT2D eigenvalue weighted by Gasteiger charge is 2.27. The molecule has 0 aliphatic carbocycles. The van der Waals surface area contributed by atoms with E-state index in [1.54, 1.807) is 48.5 Å². The molecule has 0 atom stereocenters. The summed E-state index contributed by atoms with van der Waals surface area (Å²) < 4.78 is 72.2. The molecule has 0 heterocycles. The fraction of sp³-hybridized carbons (Fsp3) is 0.138. The zero-order chi connectivity index (χ0) is 30.3. The van der Waals surface area contributed by atoms with Crippen molar-refractivity contribution < 1.29 is 35.8 Å². The predicted octanol–water partition coefficient (Wildman–Crippen LogP) is 4.35. The monoisotopic (exact) mass is 611 g/mol. The zero-order valence-corrected chi connectivity index (χ0v) is 24.6. The van der Waals surface area contributed by atoms with Crippen molar-refractivity contribution in [2.45, 2.75) is 9.79 Å². The number of ether oxygens (including phenoxy) is 3. The van der Waals surface area contributed by atoms with Gasteiger partial charge in [0.25, 0.3) is 20.0 Å². The average molecular weight is 612 g/mol. The van der Waals surface area contributed by atoms with Gasteiger partial charge in [-0.05, 0) is 60.7 Å². The van der Waals surface area contributed by atoms with Crippen LogP contribution in [0.2, 0.25) is 0 Å². The predicted molar refractivity (Wildman–Crippen MR) is 159 cm³/mol. The Morgan fingerprint density at radius 2 is 1.38 bits per heavy atom. The van der Waals surface area contributed by atoms with E-state index in [1.807, 2.05) is 0 Å². The van der Waals surface area contributed by atoms with Crippen LogP contribution >= 0.6 is 0 Å². The topological polar surface area (TPSA) is 140 Å². The van der Waals surface area contributed by atoms with Crippen molar-refractivity contribution in [3.05, 3.63) is 97.1 Å². The molecular weight excluding hydrogens is 582 g/mol. The van der Waals surface area contributed by atoms with Crippen LogP contribution in [-0.4, -0.2) is 50.6 Å². The molecule has 0 aromatic heterocycles. The molecule has 13 heteroatoms. The molecular formula is C29H29N3O8S2. The highest BCUT2D eigenvalue weighted by molar-refractivity contribution is 7.93. The Morgan fingerprint density at radius 1 is 0.714 bits per heavy atom. The number of amides is 1. The van der Waals surface area contributed by atoms with Gasteiger partial charge in [-0.25, -0.2) is 16.8 Å². The number of hydrogen-bond donors (Lipinski definition) is 2. The standard InChI is InChI=1S/C29H29N3O8S2/c1-38-23-9-7-8-22(18-23)32(42(36,37)26-10-5-4-6-11-26)20-29(33)30-21-12-15-25(16-13-21)41(34,35)31-27-19-24(39-2)14-17-28(27)40-3/h4-19,31H,20H2,1-3H3,(H,30,33). The molecule has 0 radical (unpaired) electrons. The number of nitrogens with one attached hydrogen (secondary N) is 2. The summed E-state index contributed by atoms with van der Waals surface area (Å²) in [6, 6.07) is 24.2. The Hall–Kier alpha value is -4.75. The first kappa shape index (κ1) is 30.2. The van der Waals surface area contributed by atoms with Crippen molar-refractivity contribution in [3.63, 3.8) is 0 Å². The first-order chi connectivity index (χ1) is 20.1. The minimum Gasteiger partial charge on any atom is -0.497 e. The molecule has 4 aromatic rings. The van der Waals surface area contributed by atoms with Crippen LogP contribution in [0, 0.1) is 0 Å². The van der Waals surface area contributed by atoms with Crippen LogP contribution in [0.15, 0.2) is 107 Å². The van der Waals surface area contributed by atoms with E-state index in [2.05, 4.69) is 10.0 Å². The van der Waals surface area contributed by atoms with E-state index in [-0.39, 0.29) is 26.9 Å². The van der Waals surface area contributed by atoms with Gasteiger partial charge in [0, 0.05) is 17.8 Å². The molecule has 42 heavy (non-hydrogen) atoms. The Labute approximate surface area is 244 Å². The second-order valence-electron chi connectivity index (χ2n) is 8.77. The lowest BCUT2D eigenvalue weighted by atomic mass is 10.3. The maximum Gasteiger partial charge on any atom is 0.264 e. The molecule has 0 unspecified atom stereocenters. The van der Waals surface area contributed by atoms with E-state index >= 15 is 0 Å². The second-order valence-corrected chi connectivity index (χ2v) is 12.3. The number of hydrogen-bond acceptors (Lipinski definition) is 8. The molecule has 220 valence electrons. The van der Waals surface area contributed by atoms with E-state index in [0.29, 0.717) is 17.2 Å². The molecule has 0 fully saturated rings. The lowest BCUT2D eigenvalue weighted by molar-refractivity contribution is -0.114. The van der Waals surface area contributed by atoms with E-state index < -0.39 is 32.5 Å². The van der Waals surface area contributed by atoms with Crippen LogP contribution < -0.4 is 28.6 Å². The van der Waals surface area contributed by atoms with Crippen LogP contribution in [0.1, 0.15) is 0 Å². The van der Waals surface area contributed by atoms with Crippen LogP contribution in [-0.2, 0) is 24.8 Å². The number of rotatable bonds is 12. The first-order valence-electron chi connectivity index (χ1n) is 12.4. The van der Waals surface area contributed by atoms with E-state index in [0.717, 1.165) is 4.31 Å². The van der Waals surface area contributed by atoms with Crippen molar-refractivity contribution in [2.24, 2.45) is 0 Å². The SMILES string of the molecule is COc1cccc(N(CC(=O)Nc2ccc(S(=O)(=O)Nc3cc(OC)ccc3OC)cc2)S(=O)(=O)c2ccccc2)c1. The van der Waals surface area contributed by atoms with Gasteiger partial charge in [-0.2, -0.15) is 0 Å². The van der Waals surface area contributed by atoms with Gasteiger partial charge in [-0.15, -0.1) is 0 Å². The lowest BCUT2D eigenvalue weighted by Crippen LogP contribution is -2.38. The summed E-state index contributed by atoms with van der Waals surface area (Å²) in [4.78, 5) is 13.0. The number of benzene rings is 4. The third kappa shape index (κ3) is 6.93. The van der Waals surface area contributed by atoms with E-state index in [4.69, 9.17) is 14.2 Å². The average Bonchev–Trinajstić information content (AvgIpc) is 3.00. The summed E-state index contributed by atoms with van der Waals surface area (Å²) in [6.45, 7) is -0.554. The minimum absolute atomic E-state index is 0.00958. The molecule has 2 N–H and O–H groups in total. The summed E-state index contributed by atoms with van der Waals surface area (Å²) in [6.07, 6.45) is 0. The van der Waals surface area contributed by atoms with Gasteiger partial charge in [-0.1, -0.05) is 24.3 Å². The van der Waals surface area contributed by atoms with Gasteiger partial charge in [0.2, 0.25) is 5.91 Å². The summed E-state index contributed by atoms with van der Waals surface area (Å²) in [5.74, 6) is 0.503. The quantitative estimate of drug-likeness (QED) is 0.241. The largest absolute Gasteiger partial charge is 0.497 e. The Bertz CT molecular complexity index is 1760. The minimum atomic E-state index is -4.12. The van der Waals surface area contributed by atoms with Crippen molar-refractivity contribution in [1.82, 2.24) is 0 Å². The molecule has 0 bridgehead atoms. The molecule has 0 saturated carbocycles. The summed E-state index contributed by atoms with van der Waals surface area (Å²) in [7, 11) is -3.82. The number of carbonyl (C=O) groups is 1. The van der Waals surface area contributed by atoms with Gasteiger partial charge in [0.1, 0.15) is 23.8 Å². The van der Waals surface area contributed by atoms with Crippen LogP contribution in [0.5, 0.6) is 17.2 Å². The molecule has 1 amide bonds. The molecule has 4 aromatic carbocycles. The van der Waals surface area contributed by atoms with Gasteiger partial charge in [-0.3, -0.25) is 13.8 Å². The molecule has 0 aliphatic rings. The number of nitrogens with zero attached hydrogens (tertiary/aromatic N) is 1. The van der Waals surface area contributed by atoms with E-state index in [9.17, 15) is 21.6 Å². The lowest BCUT2D eigenvalue weighted by Gasteiger charge is -2.24. The number of carbonyl (C=O) groups excluding carboxylic acids is 1. The summed E-state index contributed by atoms with van der Waals surface area (Å²) in [5, 5.41) is 2.63. The van der Waals surface area contributed by atoms with Crippen LogP contribution in [0.25, 0.3) is 0 Å². The normalized spacial score (nSPS) is 11.3. The number of anilines is 3. The van der Waals surface area contributed by atoms with Crippen LogP contribution in [0.4, 0.5) is 17.1 Å². The van der Waals surface area contributed by atoms with Crippen molar-refractivity contribution in [2.75, 3.05) is 42.2 Å². The Balaban J connectivity index is 1.54. The molecule has 0 saturated heterocycles. The molecule has 0 spiro atoms. The smallest absolute Gasteiger partial charge is 0.264 e. The van der Waals surface area contributed by atoms with Crippen molar-refractivity contribution in [1.29, 1.82) is 0 Å². The maximum atomic E-state index is 13.5.